The van der Waals surface area contributed by atoms with Crippen LogP contribution in [-0.2, 0) is 4.74 Å². The van der Waals surface area contributed by atoms with Crippen molar-refractivity contribution in [2.24, 2.45) is 0 Å². The first-order chi connectivity index (χ1) is 9.13. The molecule has 1 aliphatic rings. The Morgan fingerprint density at radius 3 is 3.17 bits per heavy atom. The summed E-state index contributed by atoms with van der Waals surface area (Å²) in [6.45, 7) is -0.475. The third kappa shape index (κ3) is 1.61. The van der Waals surface area contributed by atoms with Crippen LogP contribution in [-0.4, -0.2) is 43.5 Å². The number of aliphatic hydroxyl groups is 1. The molecule has 1 fully saturated rings. The lowest BCUT2D eigenvalue weighted by molar-refractivity contribution is -0.0323. The van der Waals surface area contributed by atoms with Gasteiger partial charge in [0.25, 0.3) is 0 Å². The van der Waals surface area contributed by atoms with E-state index in [1.54, 1.807) is 0 Å². The maximum atomic E-state index is 13.7. The number of ether oxygens (including phenoxy) is 1. The SMILES string of the molecule is [2H]C1[C@H](n2cnc3c(N)ncnc32)O[C@H](CO)[C@H]1F. The van der Waals surface area contributed by atoms with Crippen molar-refractivity contribution >= 4 is 17.0 Å². The molecule has 2 aromatic rings. The molecule has 3 N–H and O–H groups in total. The Labute approximate surface area is 103 Å². The topological polar surface area (TPSA) is 99.1 Å². The van der Waals surface area contributed by atoms with Gasteiger partial charge in [0.05, 0.1) is 12.9 Å². The fourth-order valence-electron chi connectivity index (χ4n) is 1.94. The number of imidazole rings is 1. The highest BCUT2D eigenvalue weighted by Gasteiger charge is 2.36. The summed E-state index contributed by atoms with van der Waals surface area (Å²) in [7, 11) is 0. The summed E-state index contributed by atoms with van der Waals surface area (Å²) in [5.41, 5.74) is 6.41. The number of halogens is 1. The molecule has 0 aliphatic carbocycles. The minimum atomic E-state index is -1.56. The second-order valence-corrected chi connectivity index (χ2v) is 3.97. The first kappa shape index (κ1) is 10.2. The number of nitrogens with two attached hydrogens (primary N) is 1. The molecule has 1 aliphatic heterocycles. The predicted octanol–water partition coefficient (Wildman–Crippen LogP) is 0.0264. The maximum Gasteiger partial charge on any atom is 0.167 e. The second kappa shape index (κ2) is 4.14. The maximum absolute atomic E-state index is 13.7. The lowest BCUT2D eigenvalue weighted by Gasteiger charge is -2.13. The number of aromatic nitrogens is 4. The van der Waals surface area contributed by atoms with E-state index in [9.17, 15) is 4.39 Å². The van der Waals surface area contributed by atoms with Gasteiger partial charge < -0.3 is 15.6 Å². The summed E-state index contributed by atoms with van der Waals surface area (Å²) in [4.78, 5) is 11.9. The molecule has 3 rings (SSSR count). The smallest absolute Gasteiger partial charge is 0.167 e. The van der Waals surface area contributed by atoms with Crippen LogP contribution in [0.15, 0.2) is 12.7 Å². The second-order valence-electron chi connectivity index (χ2n) is 3.97. The number of fused-ring (bicyclic) bond motifs is 1. The minimum absolute atomic E-state index is 0.207. The average Bonchev–Trinajstić information content (AvgIpc) is 2.94. The number of rotatable bonds is 2. The van der Waals surface area contributed by atoms with E-state index in [2.05, 4.69) is 15.0 Å². The highest BCUT2D eigenvalue weighted by atomic mass is 19.1. The molecule has 18 heavy (non-hydrogen) atoms. The largest absolute Gasteiger partial charge is 0.394 e. The van der Waals surface area contributed by atoms with Crippen LogP contribution in [0, 0.1) is 0 Å². The lowest BCUT2D eigenvalue weighted by atomic mass is 10.2. The van der Waals surface area contributed by atoms with Crippen molar-refractivity contribution in [3.05, 3.63) is 12.7 Å². The van der Waals surface area contributed by atoms with Crippen molar-refractivity contribution in [1.29, 1.82) is 0 Å². The first-order valence-corrected chi connectivity index (χ1v) is 5.39. The molecule has 0 spiro atoms. The Bertz CT molecular complexity index is 609. The minimum Gasteiger partial charge on any atom is -0.394 e. The molecule has 0 bridgehead atoms. The standard InChI is InChI=1S/C10H12FN5O2/c11-5-1-7(18-6(5)2-17)16-4-15-8-9(12)13-3-14-10(8)16/h3-7,17H,1-2H2,(H2,12,13,14)/t5-,6+,7+/m0/s1/i1D/t1?,5-,6+,7+. The highest BCUT2D eigenvalue weighted by molar-refractivity contribution is 5.81. The Hall–Kier alpha value is -1.80. The zero-order chi connectivity index (χ0) is 13.6. The Balaban J connectivity index is 2.04. The molecule has 8 heteroatoms. The third-order valence-electron chi connectivity index (χ3n) is 2.86. The van der Waals surface area contributed by atoms with Crippen molar-refractivity contribution in [3.63, 3.8) is 0 Å². The molecule has 0 saturated carbocycles. The van der Waals surface area contributed by atoms with Crippen LogP contribution in [0.25, 0.3) is 11.2 Å². The summed E-state index contributed by atoms with van der Waals surface area (Å²) < 4.78 is 28.3. The molecule has 1 saturated heterocycles. The number of alkyl halides is 1. The van der Waals surface area contributed by atoms with Gasteiger partial charge >= 0.3 is 0 Å². The molecule has 96 valence electrons. The van der Waals surface area contributed by atoms with Crippen LogP contribution < -0.4 is 5.73 Å². The van der Waals surface area contributed by atoms with Crippen molar-refractivity contribution in [2.45, 2.75) is 24.9 Å². The zero-order valence-corrected chi connectivity index (χ0v) is 9.27. The fraction of sp³-hybridized carbons (Fsp3) is 0.500. The van der Waals surface area contributed by atoms with Gasteiger partial charge in [-0.3, -0.25) is 4.57 Å². The van der Waals surface area contributed by atoms with Gasteiger partial charge in [-0.15, -0.1) is 0 Å². The van der Waals surface area contributed by atoms with Gasteiger partial charge in [0.2, 0.25) is 0 Å². The Kier molecular flexibility index (Phi) is 2.34. The highest BCUT2D eigenvalue weighted by Crippen LogP contribution is 2.32. The lowest BCUT2D eigenvalue weighted by Crippen LogP contribution is -2.21. The molecular weight excluding hydrogens is 241 g/mol. The van der Waals surface area contributed by atoms with Gasteiger partial charge in [0.1, 0.15) is 30.3 Å². The normalized spacial score (nSPS) is 32.9. The van der Waals surface area contributed by atoms with Gasteiger partial charge in [-0.25, -0.2) is 19.3 Å². The molecule has 4 atom stereocenters. The monoisotopic (exact) mass is 254 g/mol. The van der Waals surface area contributed by atoms with Gasteiger partial charge in [-0.05, 0) is 0 Å². The van der Waals surface area contributed by atoms with Crippen LogP contribution in [0.4, 0.5) is 10.2 Å². The van der Waals surface area contributed by atoms with Gasteiger partial charge in [-0.2, -0.15) is 0 Å². The van der Waals surface area contributed by atoms with Crippen molar-refractivity contribution < 1.29 is 15.6 Å². The summed E-state index contributed by atoms with van der Waals surface area (Å²) >= 11 is 0. The van der Waals surface area contributed by atoms with Crippen LogP contribution in [0.5, 0.6) is 0 Å². The number of nitrogens with zero attached hydrogens (tertiary/aromatic N) is 4. The predicted molar refractivity (Wildman–Crippen MR) is 60.2 cm³/mol. The van der Waals surface area contributed by atoms with E-state index >= 15 is 0 Å². The number of aliphatic hydroxyl groups excluding tert-OH is 1. The zero-order valence-electron chi connectivity index (χ0n) is 10.3. The molecular formula is C10H12FN5O2. The number of anilines is 1. The molecule has 0 radical (unpaired) electrons. The van der Waals surface area contributed by atoms with Crippen LogP contribution >= 0.6 is 0 Å². The van der Waals surface area contributed by atoms with E-state index in [1.807, 2.05) is 0 Å². The number of hydrogen-bond donors (Lipinski definition) is 2. The fourth-order valence-corrected chi connectivity index (χ4v) is 1.94. The van der Waals surface area contributed by atoms with E-state index in [-0.39, 0.29) is 5.82 Å². The van der Waals surface area contributed by atoms with Crippen LogP contribution in [0.3, 0.4) is 0 Å². The summed E-state index contributed by atoms with van der Waals surface area (Å²) in [6.07, 6.45) is -1.98. The van der Waals surface area contributed by atoms with E-state index in [1.165, 1.54) is 17.2 Å². The first-order valence-electron chi connectivity index (χ1n) is 5.97. The van der Waals surface area contributed by atoms with Crippen LogP contribution in [0.1, 0.15) is 14.0 Å². The van der Waals surface area contributed by atoms with Crippen molar-refractivity contribution in [1.82, 2.24) is 19.5 Å². The van der Waals surface area contributed by atoms with E-state index in [0.29, 0.717) is 11.2 Å². The van der Waals surface area contributed by atoms with Gasteiger partial charge in [0.15, 0.2) is 11.5 Å². The third-order valence-corrected chi connectivity index (χ3v) is 2.86. The van der Waals surface area contributed by atoms with Gasteiger partial charge in [0, 0.05) is 7.77 Å². The Morgan fingerprint density at radius 1 is 1.61 bits per heavy atom. The van der Waals surface area contributed by atoms with Crippen molar-refractivity contribution in [3.8, 4) is 0 Å². The molecule has 0 aromatic carbocycles. The van der Waals surface area contributed by atoms with E-state index < -0.39 is 31.5 Å². The molecule has 0 amide bonds. The van der Waals surface area contributed by atoms with E-state index in [4.69, 9.17) is 16.9 Å². The number of nitrogen functional groups attached to an aromatic ring is 1. The number of hydrogen-bond acceptors (Lipinski definition) is 6. The average molecular weight is 254 g/mol. The summed E-state index contributed by atoms with van der Waals surface area (Å²) in [5, 5.41) is 9.01. The molecule has 3 heterocycles. The molecule has 2 aromatic heterocycles. The summed E-state index contributed by atoms with van der Waals surface area (Å²) in [6, 6.07) is 0. The van der Waals surface area contributed by atoms with Crippen LogP contribution in [0.2, 0.25) is 0 Å². The molecule has 1 unspecified atom stereocenters. The Morgan fingerprint density at radius 2 is 2.44 bits per heavy atom. The van der Waals surface area contributed by atoms with E-state index in [0.717, 1.165) is 0 Å². The van der Waals surface area contributed by atoms with Crippen molar-refractivity contribution in [2.75, 3.05) is 12.3 Å². The molecule has 7 nitrogen and oxygen atoms in total. The quantitative estimate of drug-likeness (QED) is 0.784. The summed E-state index contributed by atoms with van der Waals surface area (Å²) in [5.74, 6) is 0.207. The van der Waals surface area contributed by atoms with Gasteiger partial charge in [-0.1, -0.05) is 0 Å².